The predicted molar refractivity (Wildman–Crippen MR) is 77.9 cm³/mol. The van der Waals surface area contributed by atoms with Crippen molar-refractivity contribution in [1.82, 2.24) is 0 Å². The van der Waals surface area contributed by atoms with E-state index in [2.05, 4.69) is 12.6 Å². The zero-order valence-electron chi connectivity index (χ0n) is 11.5. The molecule has 1 aliphatic rings. The number of thiol groups is 1. The van der Waals surface area contributed by atoms with E-state index < -0.39 is 22.2 Å². The van der Waals surface area contributed by atoms with Gasteiger partial charge in [-0.3, -0.25) is 10.1 Å². The first kappa shape index (κ1) is 16.0. The predicted octanol–water partition coefficient (Wildman–Crippen LogP) is 4.13. The maximum absolute atomic E-state index is 13.8. The van der Waals surface area contributed by atoms with Crippen molar-refractivity contribution < 1.29 is 18.4 Å². The molecule has 1 aliphatic carbocycles. The second-order valence-corrected chi connectivity index (χ2v) is 5.81. The summed E-state index contributed by atoms with van der Waals surface area (Å²) < 4.78 is 32.7. The fraction of sp³-hybridized carbons (Fsp3) is 0.571. The summed E-state index contributed by atoms with van der Waals surface area (Å²) in [4.78, 5) is 9.58. The number of nitrogens with zero attached hydrogens (tertiary/aromatic N) is 1. The molecule has 116 valence electrons. The maximum Gasteiger partial charge on any atom is 0.307 e. The highest BCUT2D eigenvalue weighted by Crippen LogP contribution is 2.38. The third kappa shape index (κ3) is 3.64. The Balaban J connectivity index is 2.12. The third-order valence-corrected chi connectivity index (χ3v) is 4.65. The van der Waals surface area contributed by atoms with E-state index in [-0.39, 0.29) is 17.8 Å². The molecule has 0 saturated heterocycles. The van der Waals surface area contributed by atoms with Gasteiger partial charge in [0.25, 0.3) is 0 Å². The van der Waals surface area contributed by atoms with Gasteiger partial charge in [-0.1, -0.05) is 19.3 Å². The molecule has 0 radical (unpaired) electrons. The van der Waals surface area contributed by atoms with E-state index in [9.17, 15) is 18.9 Å². The van der Waals surface area contributed by atoms with E-state index in [4.69, 9.17) is 4.74 Å². The van der Waals surface area contributed by atoms with Gasteiger partial charge in [-0.2, -0.15) is 17.0 Å². The lowest BCUT2D eigenvalue weighted by molar-refractivity contribution is -0.387. The SMILES string of the molecule is O=[N+]([O-])c1cc(F)c(OCC2(CS)CCCCC2)cc1F. The normalized spacial score (nSPS) is 17.5. The number of rotatable bonds is 5. The average molecular weight is 317 g/mol. The van der Waals surface area contributed by atoms with E-state index in [0.29, 0.717) is 11.8 Å². The van der Waals surface area contributed by atoms with Crippen molar-refractivity contribution in [2.24, 2.45) is 5.41 Å². The smallest absolute Gasteiger partial charge is 0.307 e. The largest absolute Gasteiger partial charge is 0.490 e. The van der Waals surface area contributed by atoms with E-state index in [1.807, 2.05) is 0 Å². The van der Waals surface area contributed by atoms with Crippen LogP contribution >= 0.6 is 12.6 Å². The lowest BCUT2D eigenvalue weighted by Gasteiger charge is -2.35. The highest BCUT2D eigenvalue weighted by Gasteiger charge is 2.32. The van der Waals surface area contributed by atoms with Gasteiger partial charge in [0.2, 0.25) is 5.82 Å². The molecule has 0 bridgehead atoms. The Morgan fingerprint density at radius 2 is 1.90 bits per heavy atom. The van der Waals surface area contributed by atoms with Gasteiger partial charge >= 0.3 is 5.69 Å². The highest BCUT2D eigenvalue weighted by atomic mass is 32.1. The number of halogens is 2. The molecule has 1 aromatic carbocycles. The first-order valence-electron chi connectivity index (χ1n) is 6.84. The standard InChI is InChI=1S/C14H17F2NO3S/c15-10-7-13(11(16)6-12(10)17(18)19)20-8-14(9-21)4-2-1-3-5-14/h6-7,21H,1-5,8-9H2. The average Bonchev–Trinajstić information content (AvgIpc) is 2.48. The molecule has 0 aromatic heterocycles. The highest BCUT2D eigenvalue weighted by molar-refractivity contribution is 7.80. The molecule has 0 N–H and O–H groups in total. The van der Waals surface area contributed by atoms with Crippen LogP contribution in [0, 0.1) is 27.2 Å². The van der Waals surface area contributed by atoms with Crippen LogP contribution in [0.5, 0.6) is 5.75 Å². The summed E-state index contributed by atoms with van der Waals surface area (Å²) in [6.07, 6.45) is 5.18. The Morgan fingerprint density at radius 1 is 1.24 bits per heavy atom. The Hall–Kier alpha value is -1.37. The first-order chi connectivity index (χ1) is 9.97. The number of ether oxygens (including phenoxy) is 1. The summed E-state index contributed by atoms with van der Waals surface area (Å²) in [6, 6.07) is 1.29. The summed E-state index contributed by atoms with van der Waals surface area (Å²) in [5.41, 5.74) is -1.02. The Labute approximate surface area is 127 Å². The first-order valence-corrected chi connectivity index (χ1v) is 7.48. The molecule has 0 spiro atoms. The quantitative estimate of drug-likeness (QED) is 0.504. The third-order valence-electron chi connectivity index (χ3n) is 3.98. The Kier molecular flexibility index (Phi) is 5.03. The fourth-order valence-electron chi connectivity index (χ4n) is 2.65. The van der Waals surface area contributed by atoms with Gasteiger partial charge in [-0.25, -0.2) is 4.39 Å². The number of nitro groups is 1. The van der Waals surface area contributed by atoms with Crippen LogP contribution in [0.15, 0.2) is 12.1 Å². The van der Waals surface area contributed by atoms with Gasteiger partial charge in [-0.05, 0) is 18.6 Å². The molecule has 0 unspecified atom stereocenters. The van der Waals surface area contributed by atoms with Gasteiger partial charge in [-0.15, -0.1) is 0 Å². The molecule has 0 heterocycles. The van der Waals surface area contributed by atoms with Gasteiger partial charge in [0.15, 0.2) is 11.6 Å². The summed E-state index contributed by atoms with van der Waals surface area (Å²) in [7, 11) is 0. The minimum Gasteiger partial charge on any atom is -0.490 e. The van der Waals surface area contributed by atoms with Gasteiger partial charge in [0.1, 0.15) is 0 Å². The minimum atomic E-state index is -1.10. The van der Waals surface area contributed by atoms with E-state index in [0.717, 1.165) is 38.2 Å². The van der Waals surface area contributed by atoms with E-state index >= 15 is 0 Å². The topological polar surface area (TPSA) is 52.4 Å². The van der Waals surface area contributed by atoms with Crippen LogP contribution in [0.1, 0.15) is 32.1 Å². The molecular formula is C14H17F2NO3S. The van der Waals surface area contributed by atoms with Crippen LogP contribution in [0.3, 0.4) is 0 Å². The van der Waals surface area contributed by atoms with Crippen molar-refractivity contribution in [3.8, 4) is 5.75 Å². The van der Waals surface area contributed by atoms with Gasteiger partial charge < -0.3 is 4.74 Å². The Bertz CT molecular complexity index is 533. The number of nitro benzene ring substituents is 1. The van der Waals surface area contributed by atoms with E-state index in [1.54, 1.807) is 0 Å². The zero-order chi connectivity index (χ0) is 15.5. The zero-order valence-corrected chi connectivity index (χ0v) is 12.4. The van der Waals surface area contributed by atoms with Crippen LogP contribution < -0.4 is 4.74 Å². The lowest BCUT2D eigenvalue weighted by atomic mass is 9.76. The van der Waals surface area contributed by atoms with E-state index in [1.165, 1.54) is 0 Å². The molecular weight excluding hydrogens is 300 g/mol. The molecule has 1 saturated carbocycles. The molecule has 1 aromatic rings. The molecule has 0 amide bonds. The number of hydrogen-bond donors (Lipinski definition) is 1. The second-order valence-electron chi connectivity index (χ2n) is 5.50. The molecule has 0 atom stereocenters. The number of hydrogen-bond acceptors (Lipinski definition) is 4. The van der Waals surface area contributed by atoms with Gasteiger partial charge in [0, 0.05) is 11.5 Å². The maximum atomic E-state index is 13.8. The van der Waals surface area contributed by atoms with Crippen molar-refractivity contribution in [2.45, 2.75) is 32.1 Å². The molecule has 4 nitrogen and oxygen atoms in total. The van der Waals surface area contributed by atoms with Crippen molar-refractivity contribution in [2.75, 3.05) is 12.4 Å². The summed E-state index contributed by atoms with van der Waals surface area (Å²) >= 11 is 4.35. The monoisotopic (exact) mass is 317 g/mol. The van der Waals surface area contributed by atoms with Crippen LogP contribution in [0.25, 0.3) is 0 Å². The summed E-state index contributed by atoms with van der Waals surface area (Å²) in [5.74, 6) is -1.69. The Morgan fingerprint density at radius 3 is 2.48 bits per heavy atom. The molecule has 21 heavy (non-hydrogen) atoms. The lowest BCUT2D eigenvalue weighted by Crippen LogP contribution is -2.33. The van der Waals surface area contributed by atoms with Crippen LogP contribution in [0.4, 0.5) is 14.5 Å². The van der Waals surface area contributed by atoms with Crippen LogP contribution in [-0.4, -0.2) is 17.3 Å². The second kappa shape index (κ2) is 6.60. The van der Waals surface area contributed by atoms with Gasteiger partial charge in [0.05, 0.1) is 17.6 Å². The molecule has 7 heteroatoms. The fourth-order valence-corrected chi connectivity index (χ4v) is 3.06. The van der Waals surface area contributed by atoms with Crippen molar-refractivity contribution in [1.29, 1.82) is 0 Å². The van der Waals surface area contributed by atoms with Crippen molar-refractivity contribution in [3.05, 3.63) is 33.9 Å². The summed E-state index contributed by atoms with van der Waals surface area (Å²) in [5, 5.41) is 10.5. The minimum absolute atomic E-state index is 0.133. The number of benzene rings is 1. The van der Waals surface area contributed by atoms with Crippen molar-refractivity contribution in [3.63, 3.8) is 0 Å². The van der Waals surface area contributed by atoms with Crippen LogP contribution in [-0.2, 0) is 0 Å². The molecule has 0 aliphatic heterocycles. The molecule has 2 rings (SSSR count). The van der Waals surface area contributed by atoms with Crippen LogP contribution in [0.2, 0.25) is 0 Å². The van der Waals surface area contributed by atoms with Crippen molar-refractivity contribution >= 4 is 18.3 Å². The molecule has 1 fully saturated rings. The summed E-state index contributed by atoms with van der Waals surface area (Å²) in [6.45, 7) is 0.241.